The number of aromatic nitrogens is 2. The third kappa shape index (κ3) is 1.33. The largest absolute Gasteiger partial charge is 0.262 e. The zero-order chi connectivity index (χ0) is 7.40. The quantitative estimate of drug-likeness (QED) is 0.477. The van der Waals surface area contributed by atoms with E-state index in [0.29, 0.717) is 0 Å². The lowest BCUT2D eigenvalue weighted by atomic mass is 10.5. The smallest absolute Gasteiger partial charge is 0.0975 e. The SMILES string of the molecule is C=Nc1cnncc1SC. The van der Waals surface area contributed by atoms with Crippen molar-refractivity contribution in [2.24, 2.45) is 4.99 Å². The maximum absolute atomic E-state index is 3.77. The van der Waals surface area contributed by atoms with E-state index in [1.54, 1.807) is 24.2 Å². The van der Waals surface area contributed by atoms with Crippen molar-refractivity contribution in [3.63, 3.8) is 0 Å². The van der Waals surface area contributed by atoms with Gasteiger partial charge in [-0.05, 0) is 13.0 Å². The highest BCUT2D eigenvalue weighted by Crippen LogP contribution is 2.24. The molecule has 0 bridgehead atoms. The van der Waals surface area contributed by atoms with Crippen LogP contribution in [0.3, 0.4) is 0 Å². The first kappa shape index (κ1) is 7.21. The summed E-state index contributed by atoms with van der Waals surface area (Å²) in [6.45, 7) is 3.41. The molecule has 52 valence electrons. The summed E-state index contributed by atoms with van der Waals surface area (Å²) in [4.78, 5) is 4.77. The molecule has 10 heavy (non-hydrogen) atoms. The Bertz CT molecular complexity index is 236. The van der Waals surface area contributed by atoms with Gasteiger partial charge in [-0.2, -0.15) is 10.2 Å². The summed E-state index contributed by atoms with van der Waals surface area (Å²) in [5.74, 6) is 0. The Labute approximate surface area is 63.6 Å². The average Bonchev–Trinajstić information content (AvgIpc) is 2.04. The lowest BCUT2D eigenvalue weighted by Crippen LogP contribution is -1.79. The van der Waals surface area contributed by atoms with E-state index in [0.717, 1.165) is 10.6 Å². The van der Waals surface area contributed by atoms with Crippen molar-refractivity contribution in [1.82, 2.24) is 10.2 Å². The predicted octanol–water partition coefficient (Wildman–Crippen LogP) is 1.53. The molecular formula is C6H7N3S. The minimum atomic E-state index is 0.794. The molecule has 0 aromatic carbocycles. The van der Waals surface area contributed by atoms with Crippen LogP contribution in [0, 0.1) is 0 Å². The lowest BCUT2D eigenvalue weighted by Gasteiger charge is -1.96. The minimum Gasteiger partial charge on any atom is -0.262 e. The summed E-state index contributed by atoms with van der Waals surface area (Å²) >= 11 is 1.58. The molecule has 0 aliphatic rings. The van der Waals surface area contributed by atoms with Gasteiger partial charge in [-0.25, -0.2) is 0 Å². The van der Waals surface area contributed by atoms with Crippen molar-refractivity contribution < 1.29 is 0 Å². The van der Waals surface area contributed by atoms with Crippen LogP contribution in [0.1, 0.15) is 0 Å². The van der Waals surface area contributed by atoms with Gasteiger partial charge in [-0.1, -0.05) is 0 Å². The molecule has 3 nitrogen and oxygen atoms in total. The summed E-state index contributed by atoms with van der Waals surface area (Å²) in [5, 5.41) is 7.37. The molecule has 0 amide bonds. The number of aliphatic imine (C=N–C) groups is 1. The van der Waals surface area contributed by atoms with Gasteiger partial charge >= 0.3 is 0 Å². The Balaban J connectivity index is 3.08. The number of hydrogen-bond donors (Lipinski definition) is 0. The van der Waals surface area contributed by atoms with E-state index >= 15 is 0 Å². The Morgan fingerprint density at radius 1 is 1.50 bits per heavy atom. The first-order valence-corrected chi connectivity index (χ1v) is 3.92. The Morgan fingerprint density at radius 3 is 2.70 bits per heavy atom. The highest BCUT2D eigenvalue weighted by atomic mass is 32.2. The second-order valence-corrected chi connectivity index (χ2v) is 2.45. The summed E-state index contributed by atoms with van der Waals surface area (Å²) in [6.07, 6.45) is 5.24. The fraction of sp³-hybridized carbons (Fsp3) is 0.167. The Hall–Kier alpha value is -0.900. The number of hydrogen-bond acceptors (Lipinski definition) is 4. The third-order valence-corrected chi connectivity index (χ3v) is 1.82. The molecule has 1 aromatic heterocycles. The molecule has 0 atom stereocenters. The minimum absolute atomic E-state index is 0.794. The van der Waals surface area contributed by atoms with E-state index in [-0.39, 0.29) is 0 Å². The van der Waals surface area contributed by atoms with Crippen LogP contribution in [0.25, 0.3) is 0 Å². The van der Waals surface area contributed by atoms with Gasteiger partial charge in [0.2, 0.25) is 0 Å². The van der Waals surface area contributed by atoms with Crippen LogP contribution in [0.15, 0.2) is 22.3 Å². The molecule has 0 saturated carbocycles. The van der Waals surface area contributed by atoms with Crippen LogP contribution in [-0.2, 0) is 0 Å². The maximum Gasteiger partial charge on any atom is 0.0975 e. The summed E-state index contributed by atoms with van der Waals surface area (Å²) < 4.78 is 0. The zero-order valence-electron chi connectivity index (χ0n) is 5.61. The maximum atomic E-state index is 3.77. The topological polar surface area (TPSA) is 38.1 Å². The Morgan fingerprint density at radius 2 is 2.20 bits per heavy atom. The molecular weight excluding hydrogens is 146 g/mol. The van der Waals surface area contributed by atoms with E-state index in [4.69, 9.17) is 0 Å². The molecule has 0 fully saturated rings. The van der Waals surface area contributed by atoms with Crippen LogP contribution in [-0.4, -0.2) is 23.2 Å². The molecule has 1 heterocycles. The molecule has 0 radical (unpaired) electrons. The van der Waals surface area contributed by atoms with Crippen molar-refractivity contribution in [3.05, 3.63) is 12.4 Å². The van der Waals surface area contributed by atoms with Gasteiger partial charge in [-0.15, -0.1) is 11.8 Å². The van der Waals surface area contributed by atoms with Crippen molar-refractivity contribution >= 4 is 24.2 Å². The van der Waals surface area contributed by atoms with E-state index in [1.165, 1.54) is 0 Å². The lowest BCUT2D eigenvalue weighted by molar-refractivity contribution is 0.996. The van der Waals surface area contributed by atoms with E-state index in [1.807, 2.05) is 6.26 Å². The first-order chi connectivity index (χ1) is 4.88. The summed E-state index contributed by atoms with van der Waals surface area (Å²) in [5.41, 5.74) is 0.794. The summed E-state index contributed by atoms with van der Waals surface area (Å²) in [6, 6.07) is 0. The molecule has 1 rings (SSSR count). The van der Waals surface area contributed by atoms with Crippen molar-refractivity contribution in [1.29, 1.82) is 0 Å². The van der Waals surface area contributed by atoms with E-state index in [2.05, 4.69) is 21.9 Å². The van der Waals surface area contributed by atoms with Crippen LogP contribution in [0.2, 0.25) is 0 Å². The van der Waals surface area contributed by atoms with Crippen molar-refractivity contribution in [2.45, 2.75) is 4.90 Å². The van der Waals surface area contributed by atoms with Crippen molar-refractivity contribution in [2.75, 3.05) is 6.26 Å². The molecule has 4 heteroatoms. The molecule has 0 aliphatic heterocycles. The standard InChI is InChI=1S/C6H7N3S/c1-7-5-3-8-9-4-6(5)10-2/h3-4H,1H2,2H3. The zero-order valence-corrected chi connectivity index (χ0v) is 6.43. The van der Waals surface area contributed by atoms with Crippen LogP contribution < -0.4 is 0 Å². The number of nitrogens with zero attached hydrogens (tertiary/aromatic N) is 3. The summed E-state index contributed by atoms with van der Waals surface area (Å²) in [7, 11) is 0. The molecule has 0 aliphatic carbocycles. The fourth-order valence-corrected chi connectivity index (χ4v) is 1.06. The van der Waals surface area contributed by atoms with E-state index in [9.17, 15) is 0 Å². The normalized spacial score (nSPS) is 9.30. The number of thioether (sulfide) groups is 1. The molecule has 0 saturated heterocycles. The van der Waals surface area contributed by atoms with Crippen molar-refractivity contribution in [3.8, 4) is 0 Å². The van der Waals surface area contributed by atoms with Gasteiger partial charge in [0.25, 0.3) is 0 Å². The van der Waals surface area contributed by atoms with Crippen LogP contribution >= 0.6 is 11.8 Å². The average molecular weight is 153 g/mol. The van der Waals surface area contributed by atoms with Gasteiger partial charge < -0.3 is 0 Å². The van der Waals surface area contributed by atoms with E-state index < -0.39 is 0 Å². The van der Waals surface area contributed by atoms with Gasteiger partial charge in [0.1, 0.15) is 0 Å². The monoisotopic (exact) mass is 153 g/mol. The fourth-order valence-electron chi connectivity index (χ4n) is 0.580. The highest BCUT2D eigenvalue weighted by molar-refractivity contribution is 7.98. The molecule has 1 aromatic rings. The Kier molecular flexibility index (Phi) is 2.39. The predicted molar refractivity (Wildman–Crippen MR) is 43.0 cm³/mol. The van der Waals surface area contributed by atoms with Gasteiger partial charge in [0.05, 0.1) is 23.0 Å². The number of rotatable bonds is 2. The molecule has 0 spiro atoms. The second-order valence-electron chi connectivity index (χ2n) is 1.60. The molecule has 0 unspecified atom stereocenters. The van der Waals surface area contributed by atoms with Crippen LogP contribution in [0.4, 0.5) is 5.69 Å². The van der Waals surface area contributed by atoms with Crippen LogP contribution in [0.5, 0.6) is 0 Å². The van der Waals surface area contributed by atoms with Gasteiger partial charge in [0, 0.05) is 0 Å². The first-order valence-electron chi connectivity index (χ1n) is 2.70. The molecule has 0 N–H and O–H groups in total. The van der Waals surface area contributed by atoms with Gasteiger partial charge in [-0.3, -0.25) is 4.99 Å². The second kappa shape index (κ2) is 3.31. The third-order valence-electron chi connectivity index (χ3n) is 1.06. The highest BCUT2D eigenvalue weighted by Gasteiger charge is 1.96. The van der Waals surface area contributed by atoms with Gasteiger partial charge in [0.15, 0.2) is 0 Å².